The van der Waals surface area contributed by atoms with Gasteiger partial charge in [0, 0.05) is 11.2 Å². The van der Waals surface area contributed by atoms with Gasteiger partial charge in [-0.2, -0.15) is 0 Å². The first-order chi connectivity index (χ1) is 12.5. The third kappa shape index (κ3) is 2.60. The van der Waals surface area contributed by atoms with Crippen LogP contribution in [0.1, 0.15) is 38.6 Å². The van der Waals surface area contributed by atoms with Crippen molar-refractivity contribution in [1.29, 1.82) is 0 Å². The number of nitrogens with two attached hydrogens (primary N) is 1. The van der Waals surface area contributed by atoms with Gasteiger partial charge in [-0.3, -0.25) is 0 Å². The van der Waals surface area contributed by atoms with Gasteiger partial charge in [0.2, 0.25) is 0 Å². The number of aliphatic hydroxyl groups is 3. The Balaban J connectivity index is 1.65. The van der Waals surface area contributed by atoms with Gasteiger partial charge in [-0.05, 0) is 18.8 Å². The first-order valence-electron chi connectivity index (χ1n) is 9.13. The Hall–Kier alpha value is -1.42. The van der Waals surface area contributed by atoms with Crippen molar-refractivity contribution in [1.82, 2.24) is 19.5 Å². The van der Waals surface area contributed by atoms with Gasteiger partial charge in [-0.1, -0.05) is 31.5 Å². The normalized spacial score (nSPS) is 32.9. The van der Waals surface area contributed by atoms with Crippen LogP contribution < -0.4 is 5.73 Å². The van der Waals surface area contributed by atoms with E-state index in [-0.39, 0.29) is 18.6 Å². The molecule has 2 aromatic heterocycles. The highest BCUT2D eigenvalue weighted by Gasteiger charge is 2.71. The molecule has 5 atom stereocenters. The molecule has 1 unspecified atom stereocenters. The Morgan fingerprint density at radius 1 is 1.35 bits per heavy atom. The van der Waals surface area contributed by atoms with E-state index in [0.717, 1.165) is 18.6 Å². The largest absolute Gasteiger partial charge is 0.396 e. The Morgan fingerprint density at radius 2 is 2.15 bits per heavy atom. The highest BCUT2D eigenvalue weighted by molar-refractivity contribution is 7.99. The second kappa shape index (κ2) is 6.63. The molecule has 2 aliphatic rings. The van der Waals surface area contributed by atoms with E-state index in [4.69, 9.17) is 5.73 Å². The average molecular weight is 379 g/mol. The van der Waals surface area contributed by atoms with Crippen LogP contribution in [-0.4, -0.2) is 59.4 Å². The molecular formula is C17H25N5O3S. The van der Waals surface area contributed by atoms with E-state index in [1.165, 1.54) is 6.42 Å². The van der Waals surface area contributed by atoms with Crippen molar-refractivity contribution in [3.05, 3.63) is 6.33 Å². The van der Waals surface area contributed by atoms with Crippen LogP contribution in [0.15, 0.2) is 11.5 Å². The van der Waals surface area contributed by atoms with Crippen LogP contribution in [0.25, 0.3) is 11.2 Å². The SMILES string of the molecule is CCCCCSc1nc(N)c2ncn([C@H]3C(O)[C@@H](O)[C@]4(CO)C[C@H]34)c2n1. The summed E-state index contributed by atoms with van der Waals surface area (Å²) >= 11 is 1.57. The Kier molecular flexibility index (Phi) is 4.58. The fraction of sp³-hybridized carbons (Fsp3) is 0.706. The third-order valence-electron chi connectivity index (χ3n) is 5.88. The smallest absolute Gasteiger partial charge is 0.191 e. The highest BCUT2D eigenvalue weighted by Crippen LogP contribution is 2.67. The van der Waals surface area contributed by atoms with Gasteiger partial charge in [0.05, 0.1) is 25.1 Å². The van der Waals surface area contributed by atoms with E-state index in [1.54, 1.807) is 22.7 Å². The molecule has 0 radical (unpaired) electrons. The minimum atomic E-state index is -0.963. The molecule has 0 spiro atoms. The molecule has 0 bridgehead atoms. The summed E-state index contributed by atoms with van der Waals surface area (Å²) in [6.45, 7) is 2.03. The number of nitrogens with zero attached hydrogens (tertiary/aromatic N) is 4. The van der Waals surface area contributed by atoms with E-state index < -0.39 is 17.6 Å². The molecular weight excluding hydrogens is 354 g/mol. The zero-order chi connectivity index (χ0) is 18.5. The first kappa shape index (κ1) is 18.0. The summed E-state index contributed by atoms with van der Waals surface area (Å²) in [6, 6.07) is -0.366. The number of nitrogen functional groups attached to an aromatic ring is 1. The van der Waals surface area contributed by atoms with E-state index in [9.17, 15) is 15.3 Å². The number of rotatable bonds is 7. The molecule has 0 aromatic carbocycles. The Bertz CT molecular complexity index is 815. The second-order valence-corrected chi connectivity index (χ2v) is 8.46. The summed E-state index contributed by atoms with van der Waals surface area (Å²) < 4.78 is 1.80. The maximum Gasteiger partial charge on any atom is 0.191 e. The van der Waals surface area contributed by atoms with Crippen LogP contribution in [0, 0.1) is 11.3 Å². The third-order valence-corrected chi connectivity index (χ3v) is 6.81. The van der Waals surface area contributed by atoms with Crippen LogP contribution in [-0.2, 0) is 0 Å². The van der Waals surface area contributed by atoms with Gasteiger partial charge in [0.15, 0.2) is 16.6 Å². The first-order valence-corrected chi connectivity index (χ1v) is 10.1. The molecule has 142 valence electrons. The number of aromatic nitrogens is 4. The average Bonchev–Trinajstić information content (AvgIpc) is 3.15. The highest BCUT2D eigenvalue weighted by atomic mass is 32.2. The number of hydrogen-bond donors (Lipinski definition) is 4. The summed E-state index contributed by atoms with van der Waals surface area (Å²) in [5.74, 6) is 1.25. The number of thioether (sulfide) groups is 1. The van der Waals surface area contributed by atoms with Crippen molar-refractivity contribution in [2.24, 2.45) is 11.3 Å². The molecule has 5 N–H and O–H groups in total. The summed E-state index contributed by atoms with van der Waals surface area (Å²) in [6.07, 6.45) is 3.80. The lowest BCUT2D eigenvalue weighted by molar-refractivity contribution is -0.0300. The van der Waals surface area contributed by atoms with Gasteiger partial charge in [0.25, 0.3) is 0 Å². The molecule has 0 amide bonds. The number of imidazole rings is 1. The fourth-order valence-corrected chi connectivity index (χ4v) is 5.11. The van der Waals surface area contributed by atoms with Crippen molar-refractivity contribution in [2.75, 3.05) is 18.1 Å². The van der Waals surface area contributed by atoms with Gasteiger partial charge in [-0.15, -0.1) is 0 Å². The van der Waals surface area contributed by atoms with E-state index in [2.05, 4.69) is 21.9 Å². The standard InChI is InChI=1S/C17H25N5O3S/c1-2-3-4-5-26-16-20-14(18)10-15(21-16)22(8-19-10)11-9-6-17(9,7-23)13(25)12(11)24/h8-9,11-13,23-25H,2-7H2,1H3,(H2,18,20,21)/t9-,11-,12?,13-,17+/m1/s1. The van der Waals surface area contributed by atoms with Crippen LogP contribution in [0.3, 0.4) is 0 Å². The molecule has 2 aromatic rings. The maximum atomic E-state index is 10.5. The Morgan fingerprint density at radius 3 is 2.85 bits per heavy atom. The molecule has 0 saturated heterocycles. The summed E-state index contributed by atoms with van der Waals surface area (Å²) in [4.78, 5) is 13.3. The van der Waals surface area contributed by atoms with Crippen LogP contribution in [0.5, 0.6) is 0 Å². The maximum absolute atomic E-state index is 10.5. The topological polar surface area (TPSA) is 130 Å². The molecule has 2 saturated carbocycles. The lowest BCUT2D eigenvalue weighted by Gasteiger charge is -2.23. The molecule has 0 aliphatic heterocycles. The van der Waals surface area contributed by atoms with Crippen molar-refractivity contribution in [2.45, 2.75) is 56.0 Å². The van der Waals surface area contributed by atoms with E-state index in [0.29, 0.717) is 28.6 Å². The predicted molar refractivity (Wildman–Crippen MR) is 98.7 cm³/mol. The quantitative estimate of drug-likeness (QED) is 0.318. The van der Waals surface area contributed by atoms with Crippen LogP contribution in [0.2, 0.25) is 0 Å². The van der Waals surface area contributed by atoms with E-state index >= 15 is 0 Å². The number of fused-ring (bicyclic) bond motifs is 2. The zero-order valence-electron chi connectivity index (χ0n) is 14.7. The van der Waals surface area contributed by atoms with Gasteiger partial charge in [-0.25, -0.2) is 15.0 Å². The monoisotopic (exact) mass is 379 g/mol. The number of hydrogen-bond acceptors (Lipinski definition) is 8. The predicted octanol–water partition coefficient (Wildman–Crippen LogP) is 0.966. The molecule has 2 aliphatic carbocycles. The van der Waals surface area contributed by atoms with Gasteiger partial charge >= 0.3 is 0 Å². The number of anilines is 1. The summed E-state index contributed by atoms with van der Waals surface area (Å²) in [5, 5.41) is 31.2. The second-order valence-electron chi connectivity index (χ2n) is 7.40. The summed E-state index contributed by atoms with van der Waals surface area (Å²) in [7, 11) is 0. The van der Waals surface area contributed by atoms with E-state index in [1.807, 2.05) is 0 Å². The van der Waals surface area contributed by atoms with Gasteiger partial charge < -0.3 is 25.6 Å². The molecule has 2 heterocycles. The lowest BCUT2D eigenvalue weighted by Crippen LogP contribution is -2.35. The van der Waals surface area contributed by atoms with Crippen molar-refractivity contribution in [3.63, 3.8) is 0 Å². The van der Waals surface area contributed by atoms with Crippen molar-refractivity contribution in [3.8, 4) is 0 Å². The number of aliphatic hydroxyl groups excluding tert-OH is 3. The molecule has 9 heteroatoms. The molecule has 4 rings (SSSR count). The minimum absolute atomic E-state index is 0.00625. The molecule has 26 heavy (non-hydrogen) atoms. The lowest BCUT2D eigenvalue weighted by atomic mass is 10.0. The van der Waals surface area contributed by atoms with Gasteiger partial charge in [0.1, 0.15) is 11.6 Å². The van der Waals surface area contributed by atoms with Crippen LogP contribution >= 0.6 is 11.8 Å². The fourth-order valence-electron chi connectivity index (χ4n) is 4.27. The van der Waals surface area contributed by atoms with Crippen molar-refractivity contribution < 1.29 is 15.3 Å². The molecule has 8 nitrogen and oxygen atoms in total. The number of unbranched alkanes of at least 4 members (excludes halogenated alkanes) is 2. The van der Waals surface area contributed by atoms with Crippen molar-refractivity contribution >= 4 is 28.7 Å². The summed E-state index contributed by atoms with van der Waals surface area (Å²) in [5.41, 5.74) is 6.55. The zero-order valence-corrected chi connectivity index (χ0v) is 15.6. The minimum Gasteiger partial charge on any atom is -0.396 e. The van der Waals surface area contributed by atoms with Crippen LogP contribution in [0.4, 0.5) is 5.82 Å². The molecule has 2 fully saturated rings. The Labute approximate surface area is 155 Å².